The number of phenolic OH excluding ortho intramolecular Hbond substituents is 1. The Kier molecular flexibility index (Phi) is 7.33. The lowest BCUT2D eigenvalue weighted by Gasteiger charge is -2.10. The first kappa shape index (κ1) is 22.7. The van der Waals surface area contributed by atoms with Crippen LogP contribution in [0.5, 0.6) is 5.75 Å². The largest absolute Gasteiger partial charge is 0.505 e. The maximum atomic E-state index is 12.6. The van der Waals surface area contributed by atoms with Gasteiger partial charge in [0.15, 0.2) is 11.5 Å². The normalized spacial score (nSPS) is 14.8. The summed E-state index contributed by atoms with van der Waals surface area (Å²) in [4.78, 5) is 23.9. The summed E-state index contributed by atoms with van der Waals surface area (Å²) in [5.41, 5.74) is 6.59. The van der Waals surface area contributed by atoms with E-state index in [1.165, 1.54) is 11.1 Å². The Bertz CT molecular complexity index is 1130. The predicted octanol–water partition coefficient (Wildman–Crippen LogP) is 4.39. The molecule has 164 valence electrons. The minimum atomic E-state index is -0.351. The lowest BCUT2D eigenvalue weighted by atomic mass is 10.1. The Balaban J connectivity index is 1.69. The number of allylic oxidation sites excluding steroid dienone is 1. The lowest BCUT2D eigenvalue weighted by Crippen LogP contribution is -2.29. The van der Waals surface area contributed by atoms with Gasteiger partial charge in [0.2, 0.25) is 0 Å². The van der Waals surface area contributed by atoms with Crippen molar-refractivity contribution in [1.29, 1.82) is 0 Å². The number of hydrogen-bond donors (Lipinski definition) is 2. The molecule has 0 bridgehead atoms. The molecule has 0 aliphatic carbocycles. The SMILES string of the molecule is C=CC(=O)CCCN1N=C(C)/C(=N/Nc2cccc(/C=C\c3cccc(C)c3)c2O)C1=O. The Morgan fingerprint density at radius 1 is 1.22 bits per heavy atom. The van der Waals surface area contributed by atoms with Gasteiger partial charge in [0, 0.05) is 18.5 Å². The molecule has 0 aromatic heterocycles. The van der Waals surface area contributed by atoms with E-state index in [0.29, 0.717) is 36.3 Å². The van der Waals surface area contributed by atoms with Crippen molar-refractivity contribution in [3.8, 4) is 5.75 Å². The van der Waals surface area contributed by atoms with E-state index in [0.717, 1.165) is 11.1 Å². The third-order valence-electron chi connectivity index (χ3n) is 4.92. The number of amides is 1. The number of ketones is 1. The number of carbonyl (C=O) groups excluding carboxylic acids is 2. The Labute approximate surface area is 187 Å². The topological polar surface area (TPSA) is 94.4 Å². The Morgan fingerprint density at radius 3 is 2.75 bits per heavy atom. The zero-order valence-electron chi connectivity index (χ0n) is 18.2. The van der Waals surface area contributed by atoms with E-state index in [1.807, 2.05) is 37.3 Å². The molecule has 2 N–H and O–H groups in total. The highest BCUT2D eigenvalue weighted by Gasteiger charge is 2.29. The van der Waals surface area contributed by atoms with Crippen LogP contribution in [0, 0.1) is 6.92 Å². The Morgan fingerprint density at radius 2 is 2.00 bits per heavy atom. The quantitative estimate of drug-likeness (QED) is 0.267. The molecule has 0 unspecified atom stereocenters. The number of aromatic hydroxyl groups is 1. The summed E-state index contributed by atoms with van der Waals surface area (Å²) in [6.45, 7) is 7.47. The molecule has 0 saturated heterocycles. The van der Waals surface area contributed by atoms with Crippen LogP contribution in [0.15, 0.2) is 65.3 Å². The van der Waals surface area contributed by atoms with Crippen LogP contribution in [0.25, 0.3) is 12.2 Å². The fourth-order valence-corrected chi connectivity index (χ4v) is 3.20. The smallest absolute Gasteiger partial charge is 0.296 e. The second-order valence-corrected chi connectivity index (χ2v) is 7.45. The number of nitrogens with one attached hydrogen (secondary N) is 1. The van der Waals surface area contributed by atoms with Crippen LogP contribution in [0.1, 0.15) is 36.5 Å². The predicted molar refractivity (Wildman–Crippen MR) is 129 cm³/mol. The van der Waals surface area contributed by atoms with Gasteiger partial charge in [-0.2, -0.15) is 10.2 Å². The summed E-state index contributed by atoms with van der Waals surface area (Å²) >= 11 is 0. The van der Waals surface area contributed by atoms with Crippen molar-refractivity contribution in [2.24, 2.45) is 10.2 Å². The first-order valence-corrected chi connectivity index (χ1v) is 10.3. The van der Waals surface area contributed by atoms with Crippen LogP contribution < -0.4 is 5.43 Å². The minimum Gasteiger partial charge on any atom is -0.505 e. The molecule has 0 atom stereocenters. The summed E-state index contributed by atoms with van der Waals surface area (Å²) in [7, 11) is 0. The van der Waals surface area contributed by atoms with Crippen molar-refractivity contribution >= 4 is 41.0 Å². The molecule has 1 heterocycles. The number of para-hydroxylation sites is 1. The number of nitrogens with zero attached hydrogens (tertiary/aromatic N) is 3. The average molecular weight is 431 g/mol. The van der Waals surface area contributed by atoms with Crippen LogP contribution in [0.3, 0.4) is 0 Å². The summed E-state index contributed by atoms with van der Waals surface area (Å²) in [6.07, 6.45) is 5.81. The zero-order chi connectivity index (χ0) is 23.1. The summed E-state index contributed by atoms with van der Waals surface area (Å²) in [6, 6.07) is 13.3. The summed E-state index contributed by atoms with van der Waals surface area (Å²) in [5.74, 6) is -0.392. The fraction of sp³-hybridized carbons (Fsp3) is 0.200. The molecule has 1 aliphatic rings. The molecule has 0 radical (unpaired) electrons. The molecule has 1 amide bonds. The van der Waals surface area contributed by atoms with E-state index in [9.17, 15) is 14.7 Å². The molecule has 7 heteroatoms. The van der Waals surface area contributed by atoms with E-state index in [1.54, 1.807) is 25.1 Å². The van der Waals surface area contributed by atoms with E-state index >= 15 is 0 Å². The highest BCUT2D eigenvalue weighted by molar-refractivity contribution is 6.68. The van der Waals surface area contributed by atoms with Gasteiger partial charge in [-0.1, -0.05) is 60.7 Å². The van der Waals surface area contributed by atoms with Gasteiger partial charge in [-0.15, -0.1) is 0 Å². The molecule has 0 fully saturated rings. The number of carbonyl (C=O) groups is 2. The van der Waals surface area contributed by atoms with Crippen molar-refractivity contribution < 1.29 is 14.7 Å². The molecule has 0 saturated carbocycles. The van der Waals surface area contributed by atoms with Gasteiger partial charge in [-0.25, -0.2) is 5.01 Å². The first-order valence-electron chi connectivity index (χ1n) is 10.3. The van der Waals surface area contributed by atoms with Crippen LogP contribution in [0.2, 0.25) is 0 Å². The van der Waals surface area contributed by atoms with E-state index in [2.05, 4.69) is 28.3 Å². The van der Waals surface area contributed by atoms with Crippen molar-refractivity contribution in [3.63, 3.8) is 0 Å². The van der Waals surface area contributed by atoms with E-state index < -0.39 is 0 Å². The number of hydrazone groups is 2. The van der Waals surface area contributed by atoms with Crippen molar-refractivity contribution in [2.45, 2.75) is 26.7 Å². The zero-order valence-corrected chi connectivity index (χ0v) is 18.2. The number of hydrogen-bond acceptors (Lipinski definition) is 6. The van der Waals surface area contributed by atoms with Gasteiger partial charge in [0.1, 0.15) is 5.75 Å². The van der Waals surface area contributed by atoms with Crippen LogP contribution in [-0.4, -0.2) is 39.8 Å². The molecule has 3 rings (SSSR count). The van der Waals surface area contributed by atoms with Gasteiger partial charge in [0.25, 0.3) is 5.91 Å². The standard InChI is InChI=1S/C25H26N4O3/c1-4-21(30)11-7-15-29-25(32)23(18(3)28-29)27-26-22-12-6-10-20(24(22)31)14-13-19-9-5-8-17(2)16-19/h4-6,8-10,12-14,16,26,31H,1,7,11,15H2,2-3H3/b14-13-,27-23-. The second-order valence-electron chi connectivity index (χ2n) is 7.45. The molecular weight excluding hydrogens is 404 g/mol. The molecule has 0 spiro atoms. The lowest BCUT2D eigenvalue weighted by molar-refractivity contribution is -0.124. The van der Waals surface area contributed by atoms with Gasteiger partial charge >= 0.3 is 0 Å². The minimum absolute atomic E-state index is 0.0283. The monoisotopic (exact) mass is 430 g/mol. The van der Waals surface area contributed by atoms with Crippen LogP contribution >= 0.6 is 0 Å². The molecular formula is C25H26N4O3. The number of rotatable bonds is 9. The van der Waals surface area contributed by atoms with Gasteiger partial charge in [-0.05, 0) is 38.0 Å². The number of benzene rings is 2. The maximum absolute atomic E-state index is 12.6. The summed E-state index contributed by atoms with van der Waals surface area (Å²) in [5, 5.41) is 20.3. The van der Waals surface area contributed by atoms with Gasteiger partial charge < -0.3 is 5.11 Å². The highest BCUT2D eigenvalue weighted by atomic mass is 16.3. The molecule has 1 aliphatic heterocycles. The molecule has 32 heavy (non-hydrogen) atoms. The molecule has 2 aromatic carbocycles. The Hall–Kier alpha value is -4.00. The van der Waals surface area contributed by atoms with Crippen molar-refractivity contribution in [1.82, 2.24) is 5.01 Å². The number of aryl methyl sites for hydroxylation is 1. The third kappa shape index (κ3) is 5.57. The first-order chi connectivity index (χ1) is 15.4. The van der Waals surface area contributed by atoms with Gasteiger partial charge in [0.05, 0.1) is 11.4 Å². The van der Waals surface area contributed by atoms with E-state index in [-0.39, 0.29) is 23.2 Å². The highest BCUT2D eigenvalue weighted by Crippen LogP contribution is 2.29. The molecule has 2 aromatic rings. The van der Waals surface area contributed by atoms with Crippen LogP contribution in [0.4, 0.5) is 5.69 Å². The molecule has 7 nitrogen and oxygen atoms in total. The number of anilines is 1. The number of phenols is 1. The summed E-state index contributed by atoms with van der Waals surface area (Å²) < 4.78 is 0. The third-order valence-corrected chi connectivity index (χ3v) is 4.92. The van der Waals surface area contributed by atoms with E-state index in [4.69, 9.17) is 0 Å². The second kappa shape index (κ2) is 10.3. The van der Waals surface area contributed by atoms with Crippen molar-refractivity contribution in [3.05, 3.63) is 71.8 Å². The average Bonchev–Trinajstić information content (AvgIpc) is 3.04. The van der Waals surface area contributed by atoms with Crippen molar-refractivity contribution in [2.75, 3.05) is 12.0 Å². The van der Waals surface area contributed by atoms with Gasteiger partial charge in [-0.3, -0.25) is 15.0 Å². The van der Waals surface area contributed by atoms with Crippen LogP contribution in [-0.2, 0) is 9.59 Å². The fourth-order valence-electron chi connectivity index (χ4n) is 3.20. The maximum Gasteiger partial charge on any atom is 0.296 e.